The fraction of sp³-hybridized carbons (Fsp3) is 0.222. The summed E-state index contributed by atoms with van der Waals surface area (Å²) < 4.78 is 0.371. The molecule has 1 rings (SSSR count). The topological polar surface area (TPSA) is 60.2 Å². The van der Waals surface area contributed by atoms with Crippen LogP contribution in [0.3, 0.4) is 0 Å². The van der Waals surface area contributed by atoms with Gasteiger partial charge < -0.3 is 0 Å². The predicted molar refractivity (Wildman–Crippen MR) is 55.5 cm³/mol. The lowest BCUT2D eigenvalue weighted by atomic mass is 10.1. The molecule has 0 radical (unpaired) electrons. The van der Waals surface area contributed by atoms with Gasteiger partial charge >= 0.3 is 0 Å². The zero-order chi connectivity index (χ0) is 10.9. The van der Waals surface area contributed by atoms with E-state index in [0.29, 0.717) is 4.47 Å². The smallest absolute Gasteiger partial charge is 0.294 e. The van der Waals surface area contributed by atoms with Crippen molar-refractivity contribution in [2.24, 2.45) is 0 Å². The fourth-order valence-corrected chi connectivity index (χ4v) is 1.62. The Morgan fingerprint density at radius 2 is 2.07 bits per heavy atom. The average molecular weight is 258 g/mol. The Morgan fingerprint density at radius 1 is 1.50 bits per heavy atom. The molecule has 0 spiro atoms. The highest BCUT2D eigenvalue weighted by molar-refractivity contribution is 9.10. The van der Waals surface area contributed by atoms with E-state index < -0.39 is 4.92 Å². The Bertz CT molecular complexity index is 415. The molecule has 0 heterocycles. The molecule has 0 unspecified atom stereocenters. The van der Waals surface area contributed by atoms with Crippen molar-refractivity contribution < 1.29 is 9.72 Å². The molecule has 0 saturated carbocycles. The lowest BCUT2D eigenvalue weighted by molar-refractivity contribution is -0.386. The van der Waals surface area contributed by atoms with Crippen LogP contribution < -0.4 is 0 Å². The number of nitro groups is 1. The minimum absolute atomic E-state index is 0.132. The molecule has 0 aliphatic carbocycles. The number of benzene rings is 1. The van der Waals surface area contributed by atoms with Crippen LogP contribution in [0.25, 0.3) is 0 Å². The summed E-state index contributed by atoms with van der Waals surface area (Å²) in [5.41, 5.74) is 0.715. The van der Waals surface area contributed by atoms with Crippen molar-refractivity contribution in [1.29, 1.82) is 0 Å². The molecule has 1 aromatic rings. The first kappa shape index (κ1) is 10.8. The highest BCUT2D eigenvalue weighted by Crippen LogP contribution is 2.31. The molecule has 1 aromatic carbocycles. The second-order valence-corrected chi connectivity index (χ2v) is 3.70. The third-order valence-electron chi connectivity index (χ3n) is 1.87. The molecule has 0 N–H and O–H groups in total. The van der Waals surface area contributed by atoms with Crippen LogP contribution in [-0.4, -0.2) is 10.7 Å². The van der Waals surface area contributed by atoms with Crippen LogP contribution >= 0.6 is 15.9 Å². The molecule has 0 saturated heterocycles. The Kier molecular flexibility index (Phi) is 3.00. The quantitative estimate of drug-likeness (QED) is 0.465. The van der Waals surface area contributed by atoms with Crippen LogP contribution in [0.2, 0.25) is 0 Å². The number of nitrogens with zero attached hydrogens (tertiary/aromatic N) is 1. The van der Waals surface area contributed by atoms with Gasteiger partial charge in [-0.3, -0.25) is 14.9 Å². The molecule has 0 aliphatic heterocycles. The highest BCUT2D eigenvalue weighted by Gasteiger charge is 2.22. The summed E-state index contributed by atoms with van der Waals surface area (Å²) in [6.45, 7) is 3.05. The monoisotopic (exact) mass is 257 g/mol. The molecule has 0 aromatic heterocycles. The molecular weight excluding hydrogens is 250 g/mol. The van der Waals surface area contributed by atoms with E-state index in [-0.39, 0.29) is 17.0 Å². The summed E-state index contributed by atoms with van der Waals surface area (Å²) in [6.07, 6.45) is 0. The number of carbonyl (C=O) groups is 1. The average Bonchev–Trinajstić information content (AvgIpc) is 2.08. The van der Waals surface area contributed by atoms with E-state index in [1.165, 1.54) is 13.0 Å². The van der Waals surface area contributed by atoms with Gasteiger partial charge in [-0.25, -0.2) is 0 Å². The summed E-state index contributed by atoms with van der Waals surface area (Å²) in [6, 6.07) is 3.15. The van der Waals surface area contributed by atoms with Crippen molar-refractivity contribution >= 4 is 27.4 Å². The Hall–Kier alpha value is -1.23. The summed E-state index contributed by atoms with van der Waals surface area (Å²) in [5.74, 6) is -0.308. The lowest BCUT2D eigenvalue weighted by Crippen LogP contribution is -2.01. The second-order valence-electron chi connectivity index (χ2n) is 2.91. The van der Waals surface area contributed by atoms with E-state index >= 15 is 0 Å². The van der Waals surface area contributed by atoms with Gasteiger partial charge in [0.1, 0.15) is 0 Å². The highest BCUT2D eigenvalue weighted by atomic mass is 79.9. The molecule has 0 fully saturated rings. The largest absolute Gasteiger partial charge is 0.294 e. The first-order chi connectivity index (χ1) is 6.45. The van der Waals surface area contributed by atoms with Gasteiger partial charge in [-0.2, -0.15) is 0 Å². The van der Waals surface area contributed by atoms with Gasteiger partial charge in [0.05, 0.1) is 15.0 Å². The van der Waals surface area contributed by atoms with E-state index in [1.807, 2.05) is 0 Å². The van der Waals surface area contributed by atoms with Crippen molar-refractivity contribution in [1.82, 2.24) is 0 Å². The van der Waals surface area contributed by atoms with Crippen LogP contribution in [0.5, 0.6) is 0 Å². The molecule has 0 aliphatic rings. The first-order valence-corrected chi connectivity index (χ1v) is 4.69. The van der Waals surface area contributed by atoms with Crippen LogP contribution in [0.4, 0.5) is 5.69 Å². The minimum atomic E-state index is -0.548. The van der Waals surface area contributed by atoms with Gasteiger partial charge in [0.2, 0.25) is 0 Å². The molecule has 5 heteroatoms. The minimum Gasteiger partial charge on any atom is -0.294 e. The maximum atomic E-state index is 11.1. The van der Waals surface area contributed by atoms with Crippen molar-refractivity contribution in [2.45, 2.75) is 13.8 Å². The standard InChI is InChI=1S/C9H8BrNO3/c1-5-3-4-7(6(2)12)9(8(5)10)11(13)14/h3-4H,1-2H3. The van der Waals surface area contributed by atoms with Gasteiger partial charge in [0, 0.05) is 0 Å². The molecule has 0 bridgehead atoms. The van der Waals surface area contributed by atoms with Gasteiger partial charge in [-0.1, -0.05) is 6.07 Å². The van der Waals surface area contributed by atoms with Crippen molar-refractivity contribution in [3.63, 3.8) is 0 Å². The molecule has 4 nitrogen and oxygen atoms in total. The number of Topliss-reactive ketones (excluding diaryl/α,β-unsaturated/α-hetero) is 1. The Morgan fingerprint density at radius 3 is 2.50 bits per heavy atom. The number of carbonyl (C=O) groups excluding carboxylic acids is 1. The molecule has 0 atom stereocenters. The lowest BCUT2D eigenvalue weighted by Gasteiger charge is -2.03. The van der Waals surface area contributed by atoms with Gasteiger partial charge in [0.15, 0.2) is 5.78 Å². The van der Waals surface area contributed by atoms with Gasteiger partial charge in [-0.05, 0) is 41.4 Å². The number of hydrogen-bond acceptors (Lipinski definition) is 3. The van der Waals surface area contributed by atoms with Crippen molar-refractivity contribution in [3.05, 3.63) is 37.8 Å². The van der Waals surface area contributed by atoms with E-state index in [9.17, 15) is 14.9 Å². The van der Waals surface area contributed by atoms with E-state index in [0.717, 1.165) is 5.56 Å². The van der Waals surface area contributed by atoms with Crippen LogP contribution in [0, 0.1) is 17.0 Å². The number of aryl methyl sites for hydroxylation is 1. The second kappa shape index (κ2) is 3.88. The van der Waals surface area contributed by atoms with E-state index in [2.05, 4.69) is 15.9 Å². The molecular formula is C9H8BrNO3. The first-order valence-electron chi connectivity index (χ1n) is 3.89. The normalized spacial score (nSPS) is 9.93. The number of halogens is 1. The predicted octanol–water partition coefficient (Wildman–Crippen LogP) is 2.87. The fourth-order valence-electron chi connectivity index (χ4n) is 1.13. The maximum Gasteiger partial charge on any atom is 0.294 e. The maximum absolute atomic E-state index is 11.1. The zero-order valence-corrected chi connectivity index (χ0v) is 9.29. The molecule has 74 valence electrons. The Labute approximate surface area is 89.2 Å². The van der Waals surface area contributed by atoms with Crippen LogP contribution in [-0.2, 0) is 0 Å². The number of ketones is 1. The van der Waals surface area contributed by atoms with Crippen LogP contribution in [0.1, 0.15) is 22.8 Å². The van der Waals surface area contributed by atoms with Crippen molar-refractivity contribution in [2.75, 3.05) is 0 Å². The number of nitro benzene ring substituents is 1. The summed E-state index contributed by atoms with van der Waals surface area (Å²) in [5, 5.41) is 10.7. The molecule has 0 amide bonds. The van der Waals surface area contributed by atoms with Gasteiger partial charge in [-0.15, -0.1) is 0 Å². The SMILES string of the molecule is CC(=O)c1ccc(C)c(Br)c1[N+](=O)[O-]. The van der Waals surface area contributed by atoms with E-state index in [1.54, 1.807) is 13.0 Å². The summed E-state index contributed by atoms with van der Waals surface area (Å²) >= 11 is 3.11. The van der Waals surface area contributed by atoms with Gasteiger partial charge in [0.25, 0.3) is 5.69 Å². The third kappa shape index (κ3) is 1.82. The van der Waals surface area contributed by atoms with Crippen LogP contribution in [0.15, 0.2) is 16.6 Å². The molecule has 14 heavy (non-hydrogen) atoms. The summed E-state index contributed by atoms with van der Waals surface area (Å²) in [7, 11) is 0. The summed E-state index contributed by atoms with van der Waals surface area (Å²) in [4.78, 5) is 21.3. The zero-order valence-electron chi connectivity index (χ0n) is 7.70. The number of hydrogen-bond donors (Lipinski definition) is 0. The number of rotatable bonds is 2. The Balaban J connectivity index is 3.53. The third-order valence-corrected chi connectivity index (χ3v) is 2.87. The van der Waals surface area contributed by atoms with Crippen molar-refractivity contribution in [3.8, 4) is 0 Å². The van der Waals surface area contributed by atoms with E-state index in [4.69, 9.17) is 0 Å².